The van der Waals surface area contributed by atoms with Crippen molar-refractivity contribution in [3.05, 3.63) is 52.6 Å². The molecule has 0 aromatic carbocycles. The van der Waals surface area contributed by atoms with Gasteiger partial charge in [0.25, 0.3) is 5.91 Å². The molecule has 5 nitrogen and oxygen atoms in total. The van der Waals surface area contributed by atoms with Crippen LogP contribution in [-0.4, -0.2) is 35.0 Å². The van der Waals surface area contributed by atoms with E-state index in [2.05, 4.69) is 31.2 Å². The fourth-order valence-electron chi connectivity index (χ4n) is 2.69. The number of nitrogens with zero attached hydrogens (tertiary/aromatic N) is 3. The Kier molecular flexibility index (Phi) is 4.85. The van der Waals surface area contributed by atoms with Gasteiger partial charge in [0.15, 0.2) is 11.6 Å². The van der Waals surface area contributed by atoms with Gasteiger partial charge in [0.2, 0.25) is 0 Å². The Morgan fingerprint density at radius 2 is 2.30 bits per heavy atom. The molecule has 1 aliphatic heterocycles. The molecule has 0 radical (unpaired) electrons. The maximum absolute atomic E-state index is 14.1. The van der Waals surface area contributed by atoms with E-state index in [-0.39, 0.29) is 17.8 Å². The quantitative estimate of drug-likeness (QED) is 0.891. The van der Waals surface area contributed by atoms with Crippen molar-refractivity contribution >= 4 is 27.7 Å². The van der Waals surface area contributed by atoms with Crippen molar-refractivity contribution in [2.24, 2.45) is 0 Å². The molecule has 0 saturated carbocycles. The van der Waals surface area contributed by atoms with Crippen LogP contribution in [0.4, 0.5) is 10.2 Å². The van der Waals surface area contributed by atoms with E-state index in [9.17, 15) is 9.18 Å². The Labute approximate surface area is 142 Å². The number of hydrogen-bond donors (Lipinski definition) is 1. The van der Waals surface area contributed by atoms with Crippen LogP contribution < -0.4 is 10.2 Å². The van der Waals surface area contributed by atoms with Crippen LogP contribution in [0.1, 0.15) is 23.2 Å². The Bertz CT molecular complexity index is 698. The molecule has 2 aromatic heterocycles. The third-order valence-corrected chi connectivity index (χ3v) is 4.20. The van der Waals surface area contributed by atoms with Gasteiger partial charge in [-0.15, -0.1) is 0 Å². The standard InChI is InChI=1S/C16H16BrFN4O/c17-12-7-14(18)15(20-9-12)22-6-2-4-13(10-22)21-16(23)11-3-1-5-19-8-11/h1,3,5,7-9,13H,2,4,6,10H2,(H,21,23). The molecule has 23 heavy (non-hydrogen) atoms. The number of nitrogens with one attached hydrogen (secondary N) is 1. The first kappa shape index (κ1) is 15.9. The Morgan fingerprint density at radius 3 is 3.04 bits per heavy atom. The summed E-state index contributed by atoms with van der Waals surface area (Å²) in [4.78, 5) is 22.2. The third kappa shape index (κ3) is 3.85. The average molecular weight is 379 g/mol. The molecule has 120 valence electrons. The lowest BCUT2D eigenvalue weighted by Crippen LogP contribution is -2.48. The lowest BCUT2D eigenvalue weighted by Gasteiger charge is -2.34. The van der Waals surface area contributed by atoms with Crippen molar-refractivity contribution in [2.45, 2.75) is 18.9 Å². The van der Waals surface area contributed by atoms with E-state index in [1.54, 1.807) is 24.5 Å². The highest BCUT2D eigenvalue weighted by atomic mass is 79.9. The van der Waals surface area contributed by atoms with E-state index >= 15 is 0 Å². The van der Waals surface area contributed by atoms with Crippen molar-refractivity contribution in [3.63, 3.8) is 0 Å². The van der Waals surface area contributed by atoms with E-state index in [0.717, 1.165) is 19.4 Å². The lowest BCUT2D eigenvalue weighted by atomic mass is 10.1. The van der Waals surface area contributed by atoms with Gasteiger partial charge in [0.1, 0.15) is 0 Å². The molecule has 0 aliphatic carbocycles. The largest absolute Gasteiger partial charge is 0.352 e. The van der Waals surface area contributed by atoms with Gasteiger partial charge in [0, 0.05) is 42.2 Å². The van der Waals surface area contributed by atoms with Crippen LogP contribution in [0.25, 0.3) is 0 Å². The van der Waals surface area contributed by atoms with Crippen LogP contribution in [0.5, 0.6) is 0 Å². The summed E-state index contributed by atoms with van der Waals surface area (Å²) in [5.41, 5.74) is 0.526. The fraction of sp³-hybridized carbons (Fsp3) is 0.312. The number of carbonyl (C=O) groups is 1. The van der Waals surface area contributed by atoms with Gasteiger partial charge < -0.3 is 10.2 Å². The number of anilines is 1. The number of amides is 1. The molecule has 1 unspecified atom stereocenters. The van der Waals surface area contributed by atoms with E-state index < -0.39 is 0 Å². The molecular weight excluding hydrogens is 363 g/mol. The molecular formula is C16H16BrFN4O. The molecule has 1 atom stereocenters. The molecule has 1 aliphatic rings. The van der Waals surface area contributed by atoms with E-state index in [4.69, 9.17) is 0 Å². The zero-order chi connectivity index (χ0) is 16.2. The highest BCUT2D eigenvalue weighted by Gasteiger charge is 2.24. The predicted molar refractivity (Wildman–Crippen MR) is 88.8 cm³/mol. The van der Waals surface area contributed by atoms with Crippen LogP contribution in [0.3, 0.4) is 0 Å². The number of carbonyl (C=O) groups excluding carboxylic acids is 1. The average Bonchev–Trinajstić information content (AvgIpc) is 2.56. The number of aromatic nitrogens is 2. The topological polar surface area (TPSA) is 58.1 Å². The number of halogens is 2. The van der Waals surface area contributed by atoms with Crippen LogP contribution in [-0.2, 0) is 0 Å². The normalized spacial score (nSPS) is 17.8. The molecule has 1 amide bonds. The minimum Gasteiger partial charge on any atom is -0.352 e. The minimum atomic E-state index is -0.362. The second kappa shape index (κ2) is 7.04. The second-order valence-corrected chi connectivity index (χ2v) is 6.37. The summed E-state index contributed by atoms with van der Waals surface area (Å²) in [6.45, 7) is 1.27. The number of rotatable bonds is 3. The molecule has 1 N–H and O–H groups in total. The third-order valence-electron chi connectivity index (χ3n) is 3.77. The maximum Gasteiger partial charge on any atom is 0.253 e. The van der Waals surface area contributed by atoms with Gasteiger partial charge in [-0.2, -0.15) is 0 Å². The summed E-state index contributed by atoms with van der Waals surface area (Å²) in [5, 5.41) is 2.99. The number of hydrogen-bond acceptors (Lipinski definition) is 4. The van der Waals surface area contributed by atoms with Gasteiger partial charge in [-0.25, -0.2) is 9.37 Å². The Balaban J connectivity index is 1.67. The van der Waals surface area contributed by atoms with Gasteiger partial charge in [-0.3, -0.25) is 9.78 Å². The van der Waals surface area contributed by atoms with Gasteiger partial charge >= 0.3 is 0 Å². The first-order valence-corrected chi connectivity index (χ1v) is 8.19. The summed E-state index contributed by atoms with van der Waals surface area (Å²) >= 11 is 3.21. The van der Waals surface area contributed by atoms with Gasteiger partial charge in [-0.05, 0) is 47.0 Å². The van der Waals surface area contributed by atoms with E-state index in [0.29, 0.717) is 22.4 Å². The summed E-state index contributed by atoms with van der Waals surface area (Å²) in [5.74, 6) is -0.193. The van der Waals surface area contributed by atoms with Crippen LogP contribution in [0, 0.1) is 5.82 Å². The van der Waals surface area contributed by atoms with E-state index in [1.165, 1.54) is 12.3 Å². The first-order chi connectivity index (χ1) is 11.1. The second-order valence-electron chi connectivity index (χ2n) is 5.46. The summed E-state index contributed by atoms with van der Waals surface area (Å²) in [7, 11) is 0. The van der Waals surface area contributed by atoms with Crippen molar-refractivity contribution < 1.29 is 9.18 Å². The van der Waals surface area contributed by atoms with Crippen LogP contribution in [0.15, 0.2) is 41.3 Å². The Hall–Kier alpha value is -2.02. The molecule has 1 fully saturated rings. The molecule has 3 heterocycles. The SMILES string of the molecule is O=C(NC1CCCN(c2ncc(Br)cc2F)C1)c1cccnc1. The monoisotopic (exact) mass is 378 g/mol. The lowest BCUT2D eigenvalue weighted by molar-refractivity contribution is 0.0932. The fourth-order valence-corrected chi connectivity index (χ4v) is 3.00. The van der Waals surface area contributed by atoms with Crippen LogP contribution in [0.2, 0.25) is 0 Å². The van der Waals surface area contributed by atoms with Crippen molar-refractivity contribution in [3.8, 4) is 0 Å². The molecule has 0 bridgehead atoms. The zero-order valence-corrected chi connectivity index (χ0v) is 14.0. The molecule has 0 spiro atoms. The summed E-state index contributed by atoms with van der Waals surface area (Å²) in [6.07, 6.45) is 6.47. The predicted octanol–water partition coefficient (Wildman–Crippen LogP) is 2.78. The van der Waals surface area contributed by atoms with E-state index in [1.807, 2.05) is 4.90 Å². The van der Waals surface area contributed by atoms with Gasteiger partial charge in [-0.1, -0.05) is 0 Å². The zero-order valence-electron chi connectivity index (χ0n) is 12.4. The highest BCUT2D eigenvalue weighted by Crippen LogP contribution is 2.23. The summed E-state index contributed by atoms with van der Waals surface area (Å²) in [6, 6.07) is 4.81. The minimum absolute atomic E-state index is 0.0405. The van der Waals surface area contributed by atoms with Crippen molar-refractivity contribution in [1.82, 2.24) is 15.3 Å². The van der Waals surface area contributed by atoms with Crippen LogP contribution >= 0.6 is 15.9 Å². The smallest absolute Gasteiger partial charge is 0.253 e. The summed E-state index contributed by atoms with van der Waals surface area (Å²) < 4.78 is 14.7. The number of piperidine rings is 1. The first-order valence-electron chi connectivity index (χ1n) is 7.40. The number of pyridine rings is 2. The highest BCUT2D eigenvalue weighted by molar-refractivity contribution is 9.10. The Morgan fingerprint density at radius 1 is 1.43 bits per heavy atom. The molecule has 1 saturated heterocycles. The molecule has 3 rings (SSSR count). The molecule has 7 heteroatoms. The van der Waals surface area contributed by atoms with Crippen molar-refractivity contribution in [2.75, 3.05) is 18.0 Å². The van der Waals surface area contributed by atoms with Gasteiger partial charge in [0.05, 0.1) is 5.56 Å². The van der Waals surface area contributed by atoms with Crippen molar-refractivity contribution in [1.29, 1.82) is 0 Å². The maximum atomic E-state index is 14.1. The molecule has 2 aromatic rings.